The topological polar surface area (TPSA) is 68.3 Å². The van der Waals surface area contributed by atoms with Gasteiger partial charge in [-0.05, 0) is 37.1 Å². The average molecular weight is 514 g/mol. The maximum Gasteiger partial charge on any atom is 0.243 e. The highest BCUT2D eigenvalue weighted by Crippen LogP contribution is 2.26. The van der Waals surface area contributed by atoms with E-state index < -0.39 is 10.0 Å². The number of hydrogen-bond acceptors (Lipinski definition) is 5. The number of thiazole rings is 1. The van der Waals surface area contributed by atoms with E-state index in [-0.39, 0.29) is 0 Å². The second kappa shape index (κ2) is 11.2. The van der Waals surface area contributed by atoms with Crippen molar-refractivity contribution >= 4 is 27.0 Å². The van der Waals surface area contributed by atoms with Crippen molar-refractivity contribution in [1.29, 1.82) is 0 Å². The van der Waals surface area contributed by atoms with E-state index in [4.69, 9.17) is 9.73 Å². The molecule has 3 heterocycles. The number of quaternary nitrogens is 1. The van der Waals surface area contributed by atoms with Crippen molar-refractivity contribution in [3.05, 3.63) is 64.8 Å². The van der Waals surface area contributed by atoms with Crippen LogP contribution in [0, 0.1) is 0 Å². The normalized spacial score (nSPS) is 18.7. The molecule has 2 saturated heterocycles. The van der Waals surface area contributed by atoms with Gasteiger partial charge in [0.05, 0.1) is 42.6 Å². The first kappa shape index (κ1) is 24.4. The van der Waals surface area contributed by atoms with Gasteiger partial charge in [0, 0.05) is 24.0 Å². The van der Waals surface area contributed by atoms with Crippen LogP contribution in [0.3, 0.4) is 0 Å². The zero-order valence-corrected chi connectivity index (χ0v) is 21.6. The van der Waals surface area contributed by atoms with Gasteiger partial charge >= 0.3 is 0 Å². The molecular formula is C26H33N4O3S2+. The third kappa shape index (κ3) is 5.76. The minimum atomic E-state index is -3.49. The van der Waals surface area contributed by atoms with E-state index in [1.807, 2.05) is 48.5 Å². The molecule has 3 aromatic rings. The Kier molecular flexibility index (Phi) is 7.79. The number of nitrogens with zero attached hydrogens (tertiary/aromatic N) is 3. The molecule has 0 saturated carbocycles. The van der Waals surface area contributed by atoms with Crippen LogP contribution in [-0.2, 0) is 21.3 Å². The molecule has 0 bridgehead atoms. The molecule has 186 valence electrons. The molecule has 0 aliphatic carbocycles. The van der Waals surface area contributed by atoms with Crippen LogP contribution < -0.4 is 9.70 Å². The lowest BCUT2D eigenvalue weighted by atomic mass is 10.2. The number of sulfonamides is 1. The summed E-state index contributed by atoms with van der Waals surface area (Å²) in [6, 6.07) is 17.4. The van der Waals surface area contributed by atoms with Crippen LogP contribution in [0.2, 0.25) is 0 Å². The van der Waals surface area contributed by atoms with Gasteiger partial charge in [0.2, 0.25) is 10.0 Å². The molecule has 2 aromatic carbocycles. The molecule has 5 rings (SSSR count). The molecule has 0 spiro atoms. The van der Waals surface area contributed by atoms with E-state index in [2.05, 4.69) is 9.95 Å². The molecule has 2 fully saturated rings. The number of ether oxygens (including phenoxy) is 1. The van der Waals surface area contributed by atoms with E-state index in [0.29, 0.717) is 18.0 Å². The quantitative estimate of drug-likeness (QED) is 0.528. The largest absolute Gasteiger partial charge is 0.370 e. The first-order valence-corrected chi connectivity index (χ1v) is 14.7. The second-order valence-electron chi connectivity index (χ2n) is 9.11. The fourth-order valence-electron chi connectivity index (χ4n) is 4.73. The highest BCUT2D eigenvalue weighted by molar-refractivity contribution is 7.89. The van der Waals surface area contributed by atoms with Gasteiger partial charge in [-0.3, -0.25) is 0 Å². The third-order valence-corrected chi connectivity index (χ3v) is 9.51. The minimum absolute atomic E-state index is 0.370. The SMILES string of the molecule is O=S(=O)(c1cccc(-c2csc(=Nc3ccccc3)n2CC[NH+]2CCOCC2)c1)N1CCCCC1. The molecule has 1 N–H and O–H groups in total. The molecule has 2 aliphatic heterocycles. The smallest absolute Gasteiger partial charge is 0.243 e. The van der Waals surface area contributed by atoms with Crippen LogP contribution in [0.15, 0.2) is 69.9 Å². The van der Waals surface area contributed by atoms with Gasteiger partial charge in [0.25, 0.3) is 0 Å². The maximum atomic E-state index is 13.3. The Morgan fingerprint density at radius 2 is 1.74 bits per heavy atom. The van der Waals surface area contributed by atoms with Crippen molar-refractivity contribution in [2.45, 2.75) is 30.7 Å². The molecule has 9 heteroatoms. The number of aromatic nitrogens is 1. The van der Waals surface area contributed by atoms with Crippen molar-refractivity contribution in [1.82, 2.24) is 8.87 Å². The Morgan fingerprint density at radius 3 is 2.51 bits per heavy atom. The predicted molar refractivity (Wildman–Crippen MR) is 138 cm³/mol. The number of morpholine rings is 1. The molecule has 7 nitrogen and oxygen atoms in total. The molecule has 35 heavy (non-hydrogen) atoms. The molecular weight excluding hydrogens is 480 g/mol. The summed E-state index contributed by atoms with van der Waals surface area (Å²) in [7, 11) is -3.49. The van der Waals surface area contributed by atoms with E-state index in [0.717, 1.165) is 80.4 Å². The highest BCUT2D eigenvalue weighted by Gasteiger charge is 2.26. The van der Waals surface area contributed by atoms with Crippen molar-refractivity contribution < 1.29 is 18.1 Å². The average Bonchev–Trinajstić information content (AvgIpc) is 3.31. The van der Waals surface area contributed by atoms with Crippen LogP contribution in [0.25, 0.3) is 11.3 Å². The molecule has 2 aliphatic rings. The molecule has 0 unspecified atom stereocenters. The summed E-state index contributed by atoms with van der Waals surface area (Å²) in [4.78, 5) is 7.73. The van der Waals surface area contributed by atoms with Crippen LogP contribution >= 0.6 is 11.3 Å². The molecule has 0 amide bonds. The van der Waals surface area contributed by atoms with E-state index in [1.54, 1.807) is 21.7 Å². The Morgan fingerprint density at radius 1 is 0.971 bits per heavy atom. The van der Waals surface area contributed by atoms with E-state index in [9.17, 15) is 8.42 Å². The number of benzene rings is 2. The lowest BCUT2D eigenvalue weighted by Gasteiger charge is -2.26. The number of nitrogens with one attached hydrogen (secondary N) is 1. The summed E-state index contributed by atoms with van der Waals surface area (Å²) >= 11 is 1.60. The first-order chi connectivity index (χ1) is 17.1. The highest BCUT2D eigenvalue weighted by atomic mass is 32.2. The summed E-state index contributed by atoms with van der Waals surface area (Å²) in [5.74, 6) is 0. The van der Waals surface area contributed by atoms with Crippen LogP contribution in [0.1, 0.15) is 19.3 Å². The van der Waals surface area contributed by atoms with Gasteiger partial charge in [-0.15, -0.1) is 11.3 Å². The zero-order valence-electron chi connectivity index (χ0n) is 19.9. The number of rotatable bonds is 7. The van der Waals surface area contributed by atoms with Crippen LogP contribution in [0.5, 0.6) is 0 Å². The summed E-state index contributed by atoms with van der Waals surface area (Å²) in [6.07, 6.45) is 2.95. The number of para-hydroxylation sites is 1. The monoisotopic (exact) mass is 513 g/mol. The first-order valence-electron chi connectivity index (χ1n) is 12.4. The van der Waals surface area contributed by atoms with E-state index >= 15 is 0 Å². The lowest BCUT2D eigenvalue weighted by Crippen LogP contribution is -3.14. The van der Waals surface area contributed by atoms with Crippen LogP contribution in [0.4, 0.5) is 5.69 Å². The molecule has 0 atom stereocenters. The van der Waals surface area contributed by atoms with Gasteiger partial charge in [0.1, 0.15) is 13.1 Å². The molecule has 1 aromatic heterocycles. The van der Waals surface area contributed by atoms with E-state index in [1.165, 1.54) is 4.90 Å². The summed E-state index contributed by atoms with van der Waals surface area (Å²) in [5.41, 5.74) is 2.83. The van der Waals surface area contributed by atoms with Crippen molar-refractivity contribution in [2.75, 3.05) is 45.9 Å². The minimum Gasteiger partial charge on any atom is -0.370 e. The summed E-state index contributed by atoms with van der Waals surface area (Å²) < 4.78 is 36.0. The summed E-state index contributed by atoms with van der Waals surface area (Å²) in [6.45, 7) is 6.61. The van der Waals surface area contributed by atoms with Crippen LogP contribution in [-0.4, -0.2) is 63.2 Å². The van der Waals surface area contributed by atoms with Gasteiger partial charge in [-0.2, -0.15) is 4.31 Å². The molecule has 0 radical (unpaired) electrons. The summed E-state index contributed by atoms with van der Waals surface area (Å²) in [5, 5.41) is 2.10. The maximum absolute atomic E-state index is 13.3. The van der Waals surface area contributed by atoms with Crippen molar-refractivity contribution in [3.8, 4) is 11.3 Å². The predicted octanol–water partition coefficient (Wildman–Crippen LogP) is 2.54. The van der Waals surface area contributed by atoms with Gasteiger partial charge < -0.3 is 14.2 Å². The Bertz CT molecular complexity index is 1290. The Labute approximate surface area is 211 Å². The lowest BCUT2D eigenvalue weighted by molar-refractivity contribution is -0.908. The fraction of sp³-hybridized carbons (Fsp3) is 0.423. The van der Waals surface area contributed by atoms with Crippen molar-refractivity contribution in [2.24, 2.45) is 4.99 Å². The van der Waals surface area contributed by atoms with Gasteiger partial charge in [-0.25, -0.2) is 13.4 Å². The standard InChI is InChI=1S/C26H32N4O3S2/c31-35(32,29-12-5-2-6-13-29)24-11-7-8-22(20-24)25-21-34-26(27-23-9-3-1-4-10-23)30(25)15-14-28-16-18-33-19-17-28/h1,3-4,7-11,20-21H,2,5-6,12-19H2/p+1. The Hall–Kier alpha value is -2.30. The van der Waals surface area contributed by atoms with Gasteiger partial charge in [0.15, 0.2) is 4.80 Å². The fourth-order valence-corrected chi connectivity index (χ4v) is 7.25. The number of hydrogen-bond donors (Lipinski definition) is 1. The van der Waals surface area contributed by atoms with Crippen molar-refractivity contribution in [3.63, 3.8) is 0 Å². The second-order valence-corrected chi connectivity index (χ2v) is 11.9. The van der Waals surface area contributed by atoms with Gasteiger partial charge in [-0.1, -0.05) is 36.8 Å². The Balaban J connectivity index is 1.50. The number of piperidine rings is 1. The third-order valence-electron chi connectivity index (χ3n) is 6.75. The zero-order chi connectivity index (χ0) is 24.1.